The smallest absolute Gasteiger partial charge is 0.210 e. The Bertz CT molecular complexity index is 522. The predicted octanol–water partition coefficient (Wildman–Crippen LogP) is 4.27. The number of rotatable bonds is 4. The fourth-order valence-electron chi connectivity index (χ4n) is 1.21. The number of hydrogen-bond acceptors (Lipinski definition) is 3. The summed E-state index contributed by atoms with van der Waals surface area (Å²) in [5, 5.41) is 0. The number of thiophene rings is 1. The minimum atomic E-state index is -0.0551. The van der Waals surface area contributed by atoms with Gasteiger partial charge in [-0.1, -0.05) is 11.6 Å². The summed E-state index contributed by atoms with van der Waals surface area (Å²) >= 11 is 9.25. The molecule has 2 rings (SSSR count). The molecule has 1 aromatic carbocycles. The van der Waals surface area contributed by atoms with Gasteiger partial charge in [0.2, 0.25) is 5.78 Å². The molecule has 2 nitrogen and oxygen atoms in total. The zero-order chi connectivity index (χ0) is 12.3. The summed E-state index contributed by atoms with van der Waals surface area (Å²) in [7, 11) is 0. The van der Waals surface area contributed by atoms with Crippen molar-refractivity contribution in [2.45, 2.75) is 0 Å². The summed E-state index contributed by atoms with van der Waals surface area (Å²) in [4.78, 5) is 12.3. The van der Waals surface area contributed by atoms with Gasteiger partial charge in [0.25, 0.3) is 0 Å². The first-order valence-electron chi connectivity index (χ1n) is 4.82. The average Bonchev–Trinajstić information content (AvgIpc) is 2.75. The molecule has 1 aromatic heterocycles. The van der Waals surface area contributed by atoms with E-state index >= 15 is 0 Å². The zero-order valence-corrected chi connectivity index (χ0v) is 12.4. The van der Waals surface area contributed by atoms with E-state index in [1.54, 1.807) is 12.1 Å². The summed E-state index contributed by atoms with van der Waals surface area (Å²) in [6, 6.07) is 11.0. The highest BCUT2D eigenvalue weighted by molar-refractivity contribution is 14.1. The lowest BCUT2D eigenvalue weighted by Gasteiger charge is -2.04. The highest BCUT2D eigenvalue weighted by Crippen LogP contribution is 2.22. The number of ketones is 1. The van der Waals surface area contributed by atoms with Gasteiger partial charge in [0.15, 0.2) is 6.61 Å². The molecule has 0 unspecified atom stereocenters. The molecule has 0 fully saturated rings. The minimum absolute atomic E-state index is 0.0391. The summed E-state index contributed by atoms with van der Waals surface area (Å²) in [5.74, 6) is 0.641. The molecule has 17 heavy (non-hydrogen) atoms. The zero-order valence-electron chi connectivity index (χ0n) is 8.65. The molecule has 0 radical (unpaired) electrons. The minimum Gasteiger partial charge on any atom is -0.485 e. The Morgan fingerprint density at radius 1 is 1.24 bits per heavy atom. The number of hydrogen-bond donors (Lipinski definition) is 0. The first-order valence-corrected chi connectivity index (χ1v) is 7.09. The number of carbonyl (C=O) groups is 1. The third-order valence-corrected chi connectivity index (χ3v) is 4.02. The standard InChI is InChI=1S/C12H8ClIO2S/c13-12-6-5-11(17-12)10(15)7-16-9-3-1-8(14)2-4-9/h1-6H,7H2. The summed E-state index contributed by atoms with van der Waals surface area (Å²) in [5.41, 5.74) is 0. The van der Waals surface area contributed by atoms with Crippen LogP contribution in [0.25, 0.3) is 0 Å². The molecule has 0 aliphatic heterocycles. The summed E-state index contributed by atoms with van der Waals surface area (Å²) < 4.78 is 7.14. The Labute approximate surface area is 122 Å². The van der Waals surface area contributed by atoms with Crippen LogP contribution in [0.15, 0.2) is 36.4 Å². The Morgan fingerprint density at radius 2 is 1.94 bits per heavy atom. The second-order valence-corrected chi connectivity index (χ2v) is 6.23. The van der Waals surface area contributed by atoms with Crippen molar-refractivity contribution in [3.63, 3.8) is 0 Å². The van der Waals surface area contributed by atoms with Crippen molar-refractivity contribution in [3.05, 3.63) is 49.2 Å². The molecule has 2 aromatic rings. The molecule has 0 aliphatic rings. The van der Waals surface area contributed by atoms with Gasteiger partial charge in [-0.15, -0.1) is 11.3 Å². The van der Waals surface area contributed by atoms with Crippen molar-refractivity contribution in [1.82, 2.24) is 0 Å². The molecule has 0 amide bonds. The van der Waals surface area contributed by atoms with Crippen LogP contribution in [0.4, 0.5) is 0 Å². The highest BCUT2D eigenvalue weighted by Gasteiger charge is 2.09. The number of Topliss-reactive ketones (excluding diaryl/α,β-unsaturated/α-hetero) is 1. The largest absolute Gasteiger partial charge is 0.485 e. The van der Waals surface area contributed by atoms with Crippen molar-refractivity contribution in [1.29, 1.82) is 0 Å². The van der Waals surface area contributed by atoms with Gasteiger partial charge in [0.1, 0.15) is 5.75 Å². The van der Waals surface area contributed by atoms with Gasteiger partial charge in [-0.2, -0.15) is 0 Å². The van der Waals surface area contributed by atoms with Crippen molar-refractivity contribution in [2.24, 2.45) is 0 Å². The van der Waals surface area contributed by atoms with Gasteiger partial charge >= 0.3 is 0 Å². The van der Waals surface area contributed by atoms with Crippen LogP contribution in [0.5, 0.6) is 5.75 Å². The van der Waals surface area contributed by atoms with Crippen LogP contribution in [0.3, 0.4) is 0 Å². The van der Waals surface area contributed by atoms with E-state index in [1.165, 1.54) is 11.3 Å². The van der Waals surface area contributed by atoms with E-state index in [9.17, 15) is 4.79 Å². The Hall–Kier alpha value is -0.590. The topological polar surface area (TPSA) is 26.3 Å². The van der Waals surface area contributed by atoms with Crippen LogP contribution >= 0.6 is 45.5 Å². The van der Waals surface area contributed by atoms with Crippen molar-refractivity contribution < 1.29 is 9.53 Å². The van der Waals surface area contributed by atoms with Gasteiger partial charge in [0, 0.05) is 3.57 Å². The Kier molecular flexibility index (Phi) is 4.42. The maximum absolute atomic E-state index is 11.7. The second kappa shape index (κ2) is 5.84. The molecular weight excluding hydrogens is 371 g/mol. The SMILES string of the molecule is O=C(COc1ccc(I)cc1)c1ccc(Cl)s1. The predicted molar refractivity (Wildman–Crippen MR) is 78.3 cm³/mol. The maximum Gasteiger partial charge on any atom is 0.210 e. The van der Waals surface area contributed by atoms with E-state index in [1.807, 2.05) is 24.3 Å². The molecule has 0 aliphatic carbocycles. The molecule has 0 bridgehead atoms. The van der Waals surface area contributed by atoms with Crippen LogP contribution in [0.1, 0.15) is 9.67 Å². The van der Waals surface area contributed by atoms with Crippen LogP contribution in [-0.4, -0.2) is 12.4 Å². The maximum atomic E-state index is 11.7. The van der Waals surface area contributed by atoms with Gasteiger partial charge in [-0.05, 0) is 59.0 Å². The molecule has 0 N–H and O–H groups in total. The first kappa shape index (κ1) is 12.9. The van der Waals surface area contributed by atoms with Gasteiger partial charge < -0.3 is 4.74 Å². The van der Waals surface area contributed by atoms with E-state index in [-0.39, 0.29) is 12.4 Å². The van der Waals surface area contributed by atoms with E-state index < -0.39 is 0 Å². The lowest BCUT2D eigenvalue weighted by molar-refractivity contribution is 0.0925. The van der Waals surface area contributed by atoms with Crippen LogP contribution < -0.4 is 4.74 Å². The average molecular weight is 379 g/mol. The molecule has 88 valence electrons. The fourth-order valence-corrected chi connectivity index (χ4v) is 2.54. The van der Waals surface area contributed by atoms with E-state index in [0.29, 0.717) is 15.0 Å². The molecule has 0 atom stereocenters. The summed E-state index contributed by atoms with van der Waals surface area (Å²) in [6.45, 7) is 0.0391. The molecular formula is C12H8ClIO2S. The monoisotopic (exact) mass is 378 g/mol. The fraction of sp³-hybridized carbons (Fsp3) is 0.0833. The Balaban J connectivity index is 1.94. The molecule has 0 saturated heterocycles. The van der Waals surface area contributed by atoms with Crippen LogP contribution in [0.2, 0.25) is 4.34 Å². The summed E-state index contributed by atoms with van der Waals surface area (Å²) in [6.07, 6.45) is 0. The lowest BCUT2D eigenvalue weighted by atomic mass is 10.3. The Morgan fingerprint density at radius 3 is 2.53 bits per heavy atom. The number of halogens is 2. The van der Waals surface area contributed by atoms with Crippen molar-refractivity contribution >= 4 is 51.3 Å². The van der Waals surface area contributed by atoms with Crippen molar-refractivity contribution in [2.75, 3.05) is 6.61 Å². The molecule has 0 saturated carbocycles. The quantitative estimate of drug-likeness (QED) is 0.587. The normalized spacial score (nSPS) is 10.2. The van der Waals surface area contributed by atoms with Gasteiger partial charge in [-0.25, -0.2) is 0 Å². The molecule has 1 heterocycles. The highest BCUT2D eigenvalue weighted by atomic mass is 127. The van der Waals surface area contributed by atoms with Gasteiger partial charge in [0.05, 0.1) is 9.21 Å². The van der Waals surface area contributed by atoms with E-state index in [0.717, 1.165) is 3.57 Å². The number of ether oxygens (including phenoxy) is 1. The number of benzene rings is 1. The lowest BCUT2D eigenvalue weighted by Crippen LogP contribution is -2.09. The first-order chi connectivity index (χ1) is 8.15. The third kappa shape index (κ3) is 3.69. The van der Waals surface area contributed by atoms with Crippen LogP contribution in [0, 0.1) is 3.57 Å². The number of carbonyl (C=O) groups excluding carboxylic acids is 1. The van der Waals surface area contributed by atoms with Gasteiger partial charge in [-0.3, -0.25) is 4.79 Å². The second-order valence-electron chi connectivity index (χ2n) is 3.27. The molecule has 5 heteroatoms. The molecule has 0 spiro atoms. The van der Waals surface area contributed by atoms with Crippen LogP contribution in [-0.2, 0) is 0 Å². The van der Waals surface area contributed by atoms with E-state index in [4.69, 9.17) is 16.3 Å². The van der Waals surface area contributed by atoms with E-state index in [2.05, 4.69) is 22.6 Å². The van der Waals surface area contributed by atoms with Crippen molar-refractivity contribution in [3.8, 4) is 5.75 Å². The third-order valence-electron chi connectivity index (χ3n) is 2.03.